The molecule has 0 bridgehead atoms. The Bertz CT molecular complexity index is 960. The van der Waals surface area contributed by atoms with E-state index in [9.17, 15) is 8.42 Å². The first-order valence-corrected chi connectivity index (χ1v) is 12.7. The predicted molar refractivity (Wildman–Crippen MR) is 118 cm³/mol. The van der Waals surface area contributed by atoms with Crippen molar-refractivity contribution in [3.05, 3.63) is 24.0 Å². The molecule has 2 aliphatic heterocycles. The van der Waals surface area contributed by atoms with Crippen molar-refractivity contribution in [1.82, 2.24) is 18.8 Å². The van der Waals surface area contributed by atoms with Crippen molar-refractivity contribution in [1.29, 1.82) is 0 Å². The fraction of sp³-hybridized carbons (Fsp3) is 0.682. The summed E-state index contributed by atoms with van der Waals surface area (Å²) in [5.74, 6) is 0.971. The summed E-state index contributed by atoms with van der Waals surface area (Å²) in [6, 6.07) is 5.40. The van der Waals surface area contributed by atoms with E-state index in [4.69, 9.17) is 9.72 Å². The van der Waals surface area contributed by atoms with Crippen LogP contribution in [0, 0.1) is 0 Å². The molecule has 166 valence electrons. The molecule has 2 aliphatic rings. The second-order valence-electron chi connectivity index (χ2n) is 8.57. The maximum Gasteiger partial charge on any atom is 0.243 e. The molecule has 7 nitrogen and oxygen atoms in total. The zero-order valence-corrected chi connectivity index (χ0v) is 19.0. The van der Waals surface area contributed by atoms with Crippen LogP contribution in [-0.2, 0) is 27.8 Å². The molecule has 0 radical (unpaired) electrons. The van der Waals surface area contributed by atoms with Crippen molar-refractivity contribution in [2.24, 2.45) is 0 Å². The van der Waals surface area contributed by atoms with Gasteiger partial charge >= 0.3 is 0 Å². The van der Waals surface area contributed by atoms with Crippen molar-refractivity contribution in [2.75, 3.05) is 33.3 Å². The number of likely N-dealkylation sites (N-methyl/N-ethyl adjacent to an activating group) is 1. The molecule has 1 aromatic carbocycles. The lowest BCUT2D eigenvalue weighted by molar-refractivity contribution is -0.00302. The minimum Gasteiger partial charge on any atom is -0.377 e. The smallest absolute Gasteiger partial charge is 0.243 e. The lowest BCUT2D eigenvalue weighted by atomic mass is 10.1. The van der Waals surface area contributed by atoms with E-state index in [1.165, 1.54) is 6.42 Å². The molecule has 2 aromatic rings. The molecule has 0 saturated carbocycles. The van der Waals surface area contributed by atoms with Gasteiger partial charge < -0.3 is 9.30 Å². The highest BCUT2D eigenvalue weighted by atomic mass is 32.2. The second kappa shape index (κ2) is 9.34. The molecular weight excluding hydrogens is 400 g/mol. The van der Waals surface area contributed by atoms with E-state index in [0.717, 1.165) is 75.2 Å². The summed E-state index contributed by atoms with van der Waals surface area (Å²) < 4.78 is 35.8. The van der Waals surface area contributed by atoms with Crippen molar-refractivity contribution >= 4 is 21.1 Å². The first-order valence-electron chi connectivity index (χ1n) is 11.3. The van der Waals surface area contributed by atoms with Crippen molar-refractivity contribution in [3.63, 3.8) is 0 Å². The number of aryl methyl sites for hydroxylation is 1. The van der Waals surface area contributed by atoms with Crippen LogP contribution in [0.4, 0.5) is 0 Å². The first-order chi connectivity index (χ1) is 14.5. The molecule has 0 aliphatic carbocycles. The normalized spacial score (nSPS) is 21.5. The number of sulfonamides is 1. The average molecular weight is 435 g/mol. The molecule has 2 fully saturated rings. The monoisotopic (exact) mass is 434 g/mol. The van der Waals surface area contributed by atoms with Crippen LogP contribution in [-0.4, -0.2) is 66.6 Å². The number of imidazole rings is 1. The molecule has 0 amide bonds. The number of rotatable bonds is 7. The maximum absolute atomic E-state index is 13.1. The predicted octanol–water partition coefficient (Wildman–Crippen LogP) is 3.23. The van der Waals surface area contributed by atoms with Crippen LogP contribution >= 0.6 is 0 Å². The highest BCUT2D eigenvalue weighted by molar-refractivity contribution is 7.89. The van der Waals surface area contributed by atoms with Crippen LogP contribution in [0.25, 0.3) is 11.0 Å². The van der Waals surface area contributed by atoms with E-state index in [-0.39, 0.29) is 0 Å². The summed E-state index contributed by atoms with van der Waals surface area (Å²) in [7, 11) is -1.35. The molecular formula is C22H34N4O3S. The minimum atomic E-state index is -3.45. The van der Waals surface area contributed by atoms with Gasteiger partial charge in [-0.25, -0.2) is 13.4 Å². The largest absolute Gasteiger partial charge is 0.377 e. The van der Waals surface area contributed by atoms with Gasteiger partial charge in [0, 0.05) is 32.8 Å². The van der Waals surface area contributed by atoms with Gasteiger partial charge in [0.25, 0.3) is 0 Å². The van der Waals surface area contributed by atoms with Gasteiger partial charge in [-0.1, -0.05) is 6.42 Å². The van der Waals surface area contributed by atoms with Gasteiger partial charge in [0.15, 0.2) is 0 Å². The molecule has 30 heavy (non-hydrogen) atoms. The van der Waals surface area contributed by atoms with Crippen LogP contribution < -0.4 is 0 Å². The number of fused-ring (bicyclic) bond motifs is 1. The van der Waals surface area contributed by atoms with Gasteiger partial charge in [0.1, 0.15) is 5.82 Å². The number of benzene rings is 1. The summed E-state index contributed by atoms with van der Waals surface area (Å²) in [5, 5.41) is 0. The van der Waals surface area contributed by atoms with Crippen LogP contribution in [0.3, 0.4) is 0 Å². The fourth-order valence-corrected chi connectivity index (χ4v) is 6.19. The van der Waals surface area contributed by atoms with Gasteiger partial charge in [-0.05, 0) is 64.3 Å². The molecule has 1 unspecified atom stereocenters. The van der Waals surface area contributed by atoms with Gasteiger partial charge in [-0.15, -0.1) is 0 Å². The standard InChI is InChI=1S/C22H34N4O3S/c1-3-26-21-11-10-19(30(27,28)25-12-6-4-7-13-25)15-20(21)23-22(26)17-24(2)16-18-9-5-8-14-29-18/h10-11,15,18H,3-9,12-14,16-17H2,1-2H3. The van der Waals surface area contributed by atoms with E-state index in [1.807, 2.05) is 6.07 Å². The summed E-state index contributed by atoms with van der Waals surface area (Å²) in [6.07, 6.45) is 6.79. The van der Waals surface area contributed by atoms with E-state index in [2.05, 4.69) is 23.4 Å². The summed E-state index contributed by atoms with van der Waals surface area (Å²) in [6.45, 7) is 6.61. The van der Waals surface area contributed by atoms with Crippen molar-refractivity contribution in [3.8, 4) is 0 Å². The summed E-state index contributed by atoms with van der Waals surface area (Å²) >= 11 is 0. The quantitative estimate of drug-likeness (QED) is 0.669. The summed E-state index contributed by atoms with van der Waals surface area (Å²) in [4.78, 5) is 7.45. The van der Waals surface area contributed by atoms with E-state index in [0.29, 0.717) is 24.1 Å². The Morgan fingerprint density at radius 1 is 1.17 bits per heavy atom. The fourth-order valence-electron chi connectivity index (χ4n) is 4.65. The average Bonchev–Trinajstić information content (AvgIpc) is 3.11. The number of nitrogens with zero attached hydrogens (tertiary/aromatic N) is 4. The molecule has 3 heterocycles. The Labute approximate surface area is 180 Å². The van der Waals surface area contributed by atoms with E-state index >= 15 is 0 Å². The molecule has 8 heteroatoms. The highest BCUT2D eigenvalue weighted by Gasteiger charge is 2.27. The lowest BCUT2D eigenvalue weighted by Crippen LogP contribution is -2.35. The van der Waals surface area contributed by atoms with E-state index < -0.39 is 10.0 Å². The molecule has 1 atom stereocenters. The Morgan fingerprint density at radius 3 is 2.67 bits per heavy atom. The number of hydrogen-bond acceptors (Lipinski definition) is 5. The summed E-state index contributed by atoms with van der Waals surface area (Å²) in [5.41, 5.74) is 1.75. The third-order valence-corrected chi connectivity index (χ3v) is 8.16. The number of hydrogen-bond donors (Lipinski definition) is 0. The lowest BCUT2D eigenvalue weighted by Gasteiger charge is -2.27. The molecule has 0 spiro atoms. The Kier molecular flexibility index (Phi) is 6.77. The maximum atomic E-state index is 13.1. The number of aromatic nitrogens is 2. The number of ether oxygens (including phenoxy) is 1. The van der Waals surface area contributed by atoms with Crippen LogP contribution in [0.2, 0.25) is 0 Å². The SMILES string of the molecule is CCn1c(CN(C)CC2CCCCO2)nc2cc(S(=O)(=O)N3CCCCC3)ccc21. The Hall–Kier alpha value is -1.48. The first kappa shape index (κ1) is 21.7. The van der Waals surface area contributed by atoms with Crippen LogP contribution in [0.5, 0.6) is 0 Å². The topological polar surface area (TPSA) is 67.7 Å². The zero-order chi connectivity index (χ0) is 21.1. The third kappa shape index (κ3) is 4.56. The molecule has 1 aromatic heterocycles. The van der Waals surface area contributed by atoms with Gasteiger partial charge in [0.05, 0.1) is 28.6 Å². The molecule has 0 N–H and O–H groups in total. The van der Waals surface area contributed by atoms with Gasteiger partial charge in [0.2, 0.25) is 10.0 Å². The van der Waals surface area contributed by atoms with E-state index in [1.54, 1.807) is 16.4 Å². The number of piperidine rings is 1. The van der Waals surface area contributed by atoms with Gasteiger partial charge in [-0.2, -0.15) is 4.31 Å². The minimum absolute atomic E-state index is 0.296. The molecule has 2 saturated heterocycles. The zero-order valence-electron chi connectivity index (χ0n) is 18.2. The van der Waals surface area contributed by atoms with Crippen LogP contribution in [0.1, 0.15) is 51.3 Å². The van der Waals surface area contributed by atoms with Gasteiger partial charge in [-0.3, -0.25) is 4.90 Å². The van der Waals surface area contributed by atoms with Crippen molar-refractivity contribution < 1.29 is 13.2 Å². The molecule has 4 rings (SSSR count). The Balaban J connectivity index is 1.55. The Morgan fingerprint density at radius 2 is 1.97 bits per heavy atom. The van der Waals surface area contributed by atoms with Crippen molar-refractivity contribution in [2.45, 2.75) is 69.5 Å². The van der Waals surface area contributed by atoms with Crippen LogP contribution in [0.15, 0.2) is 23.1 Å². The highest BCUT2D eigenvalue weighted by Crippen LogP contribution is 2.25. The third-order valence-electron chi connectivity index (χ3n) is 6.27. The second-order valence-corrected chi connectivity index (χ2v) is 10.5.